The number of aromatic nitrogens is 2. The molecule has 0 atom stereocenters. The number of hydrogen-bond acceptors (Lipinski definition) is 4. The Balaban J connectivity index is 0.00000225. The highest BCUT2D eigenvalue weighted by molar-refractivity contribution is 7.08. The Kier molecular flexibility index (Phi) is 6.60. The van der Waals surface area contributed by atoms with E-state index >= 15 is 0 Å². The Hall–Kier alpha value is -1.20. The zero-order chi connectivity index (χ0) is 11.3. The lowest BCUT2D eigenvalue weighted by molar-refractivity contribution is 0.512. The van der Waals surface area contributed by atoms with Gasteiger partial charge >= 0.3 is 0 Å². The van der Waals surface area contributed by atoms with Crippen LogP contribution in [0.2, 0.25) is 0 Å². The minimum absolute atomic E-state index is 0. The topological polar surface area (TPSA) is 52.9 Å². The van der Waals surface area contributed by atoms with Gasteiger partial charge in [-0.3, -0.25) is 5.41 Å². The van der Waals surface area contributed by atoms with Crippen LogP contribution in [0.15, 0.2) is 25.3 Å². The SMILES string of the molecule is C=CCN(CC=C)C(=N)c1snnc1C.Cl. The maximum Gasteiger partial charge on any atom is 0.142 e. The number of rotatable bonds is 5. The second kappa shape index (κ2) is 7.14. The average molecular weight is 259 g/mol. The van der Waals surface area contributed by atoms with E-state index < -0.39 is 0 Å². The number of hydrogen-bond donors (Lipinski definition) is 1. The second-order valence-electron chi connectivity index (χ2n) is 3.02. The normalized spacial score (nSPS) is 9.06. The van der Waals surface area contributed by atoms with E-state index in [1.54, 1.807) is 12.2 Å². The van der Waals surface area contributed by atoms with Gasteiger partial charge in [-0.25, -0.2) is 0 Å². The molecule has 88 valence electrons. The van der Waals surface area contributed by atoms with Crippen LogP contribution in [0.3, 0.4) is 0 Å². The van der Waals surface area contributed by atoms with Crippen molar-refractivity contribution in [3.63, 3.8) is 0 Å². The van der Waals surface area contributed by atoms with Gasteiger partial charge in [-0.1, -0.05) is 16.6 Å². The molecule has 0 bridgehead atoms. The van der Waals surface area contributed by atoms with Gasteiger partial charge in [-0.2, -0.15) is 0 Å². The molecule has 0 aromatic carbocycles. The van der Waals surface area contributed by atoms with Crippen LogP contribution in [0.4, 0.5) is 0 Å². The number of nitrogens with zero attached hydrogens (tertiary/aromatic N) is 3. The first-order chi connectivity index (χ1) is 7.20. The van der Waals surface area contributed by atoms with Crippen LogP contribution in [0.5, 0.6) is 0 Å². The van der Waals surface area contributed by atoms with Crippen LogP contribution in [-0.4, -0.2) is 33.4 Å². The van der Waals surface area contributed by atoms with Gasteiger partial charge in [0.15, 0.2) is 0 Å². The van der Waals surface area contributed by atoms with Crippen LogP contribution in [0.25, 0.3) is 0 Å². The third kappa shape index (κ3) is 3.43. The number of aryl methyl sites for hydroxylation is 1. The molecule has 0 radical (unpaired) electrons. The summed E-state index contributed by atoms with van der Waals surface area (Å²) in [6, 6.07) is 0. The molecule has 6 heteroatoms. The van der Waals surface area contributed by atoms with Crippen LogP contribution in [0.1, 0.15) is 10.6 Å². The Morgan fingerprint density at radius 3 is 2.38 bits per heavy atom. The van der Waals surface area contributed by atoms with Gasteiger partial charge < -0.3 is 4.90 Å². The van der Waals surface area contributed by atoms with Crippen molar-refractivity contribution >= 4 is 29.8 Å². The molecular formula is C10H15ClN4S. The van der Waals surface area contributed by atoms with Gasteiger partial charge in [-0.15, -0.1) is 30.7 Å². The first-order valence-electron chi connectivity index (χ1n) is 4.55. The summed E-state index contributed by atoms with van der Waals surface area (Å²) >= 11 is 1.24. The molecule has 0 aliphatic carbocycles. The standard InChI is InChI=1S/C10H14N4S.ClH/c1-4-6-14(7-5-2)10(11)9-8(3)12-13-15-9;/h4-5,11H,1-2,6-7H2,3H3;1H. The number of amidine groups is 1. The smallest absolute Gasteiger partial charge is 0.142 e. The molecule has 0 aliphatic rings. The van der Waals surface area contributed by atoms with Crippen molar-refractivity contribution < 1.29 is 0 Å². The van der Waals surface area contributed by atoms with E-state index in [0.29, 0.717) is 18.9 Å². The summed E-state index contributed by atoms with van der Waals surface area (Å²) in [7, 11) is 0. The number of nitrogens with one attached hydrogen (secondary N) is 1. The van der Waals surface area contributed by atoms with Gasteiger partial charge in [0.25, 0.3) is 0 Å². The molecule has 16 heavy (non-hydrogen) atoms. The van der Waals surface area contributed by atoms with Crippen molar-refractivity contribution in [3.8, 4) is 0 Å². The molecule has 0 amide bonds. The fraction of sp³-hybridized carbons (Fsp3) is 0.300. The maximum atomic E-state index is 8.01. The predicted octanol–water partition coefficient (Wildman–Crippen LogP) is 2.27. The molecule has 0 unspecified atom stereocenters. The van der Waals surface area contributed by atoms with Crippen molar-refractivity contribution in [1.82, 2.24) is 14.5 Å². The van der Waals surface area contributed by atoms with Crippen molar-refractivity contribution in [2.75, 3.05) is 13.1 Å². The van der Waals surface area contributed by atoms with Gasteiger partial charge in [-0.05, 0) is 18.5 Å². The van der Waals surface area contributed by atoms with Gasteiger partial charge in [0.1, 0.15) is 10.7 Å². The molecule has 4 nitrogen and oxygen atoms in total. The summed E-state index contributed by atoms with van der Waals surface area (Å²) in [5.41, 5.74) is 0.795. The minimum Gasteiger partial charge on any atom is -0.348 e. The third-order valence-corrected chi connectivity index (χ3v) is 2.72. The molecule has 0 fully saturated rings. The molecule has 0 saturated carbocycles. The highest BCUT2D eigenvalue weighted by Gasteiger charge is 2.14. The van der Waals surface area contributed by atoms with Gasteiger partial charge in [0, 0.05) is 13.1 Å². The highest BCUT2D eigenvalue weighted by Crippen LogP contribution is 2.12. The van der Waals surface area contributed by atoms with Crippen LogP contribution >= 0.6 is 23.9 Å². The molecule has 1 aromatic heterocycles. The van der Waals surface area contributed by atoms with Gasteiger partial charge in [0.05, 0.1) is 5.69 Å². The van der Waals surface area contributed by atoms with E-state index in [9.17, 15) is 0 Å². The van der Waals surface area contributed by atoms with Crippen LogP contribution < -0.4 is 0 Å². The lowest BCUT2D eigenvalue weighted by Gasteiger charge is -2.20. The molecule has 0 saturated heterocycles. The summed E-state index contributed by atoms with van der Waals surface area (Å²) in [6.07, 6.45) is 3.53. The Morgan fingerprint density at radius 1 is 1.44 bits per heavy atom. The van der Waals surface area contributed by atoms with E-state index in [0.717, 1.165) is 10.6 Å². The Labute approximate surface area is 106 Å². The fourth-order valence-electron chi connectivity index (χ4n) is 1.16. The lowest BCUT2D eigenvalue weighted by atomic mass is 10.3. The van der Waals surface area contributed by atoms with E-state index in [-0.39, 0.29) is 12.4 Å². The summed E-state index contributed by atoms with van der Waals surface area (Å²) in [6.45, 7) is 10.4. The summed E-state index contributed by atoms with van der Waals surface area (Å²) in [5.74, 6) is 0.433. The van der Waals surface area contributed by atoms with Crippen LogP contribution in [-0.2, 0) is 0 Å². The first kappa shape index (κ1) is 14.8. The largest absolute Gasteiger partial charge is 0.348 e. The zero-order valence-corrected chi connectivity index (χ0v) is 10.8. The van der Waals surface area contributed by atoms with Gasteiger partial charge in [0.2, 0.25) is 0 Å². The van der Waals surface area contributed by atoms with Crippen molar-refractivity contribution in [2.24, 2.45) is 0 Å². The lowest BCUT2D eigenvalue weighted by Crippen LogP contribution is -2.31. The first-order valence-corrected chi connectivity index (χ1v) is 5.32. The summed E-state index contributed by atoms with van der Waals surface area (Å²) < 4.78 is 3.82. The van der Waals surface area contributed by atoms with Crippen molar-refractivity contribution in [2.45, 2.75) is 6.92 Å². The summed E-state index contributed by atoms with van der Waals surface area (Å²) in [4.78, 5) is 2.67. The van der Waals surface area contributed by atoms with Crippen LogP contribution in [0, 0.1) is 12.3 Å². The molecule has 1 heterocycles. The van der Waals surface area contributed by atoms with E-state index in [1.807, 2.05) is 11.8 Å². The molecule has 1 N–H and O–H groups in total. The van der Waals surface area contributed by atoms with E-state index in [4.69, 9.17) is 5.41 Å². The molecular weight excluding hydrogens is 244 g/mol. The Morgan fingerprint density at radius 2 is 2.00 bits per heavy atom. The monoisotopic (exact) mass is 258 g/mol. The predicted molar refractivity (Wildman–Crippen MR) is 70.7 cm³/mol. The maximum absolute atomic E-state index is 8.01. The number of halogens is 1. The molecule has 1 rings (SSSR count). The highest BCUT2D eigenvalue weighted by atomic mass is 35.5. The van der Waals surface area contributed by atoms with Crippen molar-refractivity contribution in [3.05, 3.63) is 35.9 Å². The zero-order valence-electron chi connectivity index (χ0n) is 9.14. The molecule has 1 aromatic rings. The Bertz CT molecular complexity index is 365. The average Bonchev–Trinajstić information content (AvgIpc) is 2.63. The molecule has 0 spiro atoms. The second-order valence-corrected chi connectivity index (χ2v) is 3.77. The fourth-order valence-corrected chi connectivity index (χ4v) is 1.79. The van der Waals surface area contributed by atoms with Crippen molar-refractivity contribution in [1.29, 1.82) is 5.41 Å². The minimum atomic E-state index is 0. The third-order valence-electron chi connectivity index (χ3n) is 1.88. The summed E-state index contributed by atoms with van der Waals surface area (Å²) in [5, 5.41) is 11.9. The van der Waals surface area contributed by atoms with E-state index in [1.165, 1.54) is 11.5 Å². The van der Waals surface area contributed by atoms with E-state index in [2.05, 4.69) is 22.7 Å². The quantitative estimate of drug-likeness (QED) is 0.501. The molecule has 0 aliphatic heterocycles.